The molecule has 10 nitrogen and oxygen atoms in total. The molecule has 1 aliphatic rings. The zero-order valence-corrected chi connectivity index (χ0v) is 17.8. The molecule has 2 amide bonds. The van der Waals surface area contributed by atoms with Gasteiger partial charge in [0.15, 0.2) is 16.5 Å². The largest absolute Gasteiger partial charge is 0.503 e. The third kappa shape index (κ3) is 5.14. The van der Waals surface area contributed by atoms with Gasteiger partial charge < -0.3 is 33.9 Å². The van der Waals surface area contributed by atoms with Gasteiger partial charge in [-0.05, 0) is 0 Å². The molecule has 0 aliphatic carbocycles. The van der Waals surface area contributed by atoms with Crippen molar-refractivity contribution < 1.29 is 39.2 Å². The van der Waals surface area contributed by atoms with Crippen LogP contribution in [0.15, 0.2) is 11.5 Å². The number of amides is 2. The van der Waals surface area contributed by atoms with Crippen molar-refractivity contribution in [2.24, 2.45) is 0 Å². The lowest BCUT2D eigenvalue weighted by atomic mass is 10.4. The molecule has 0 saturated heterocycles. The topological polar surface area (TPSA) is 137 Å². The molecular weight excluding hydrogens is 380 g/mol. The van der Waals surface area contributed by atoms with Crippen LogP contribution in [0.3, 0.4) is 0 Å². The Hall–Kier alpha value is -2.22. The average Bonchev–Trinajstić information content (AvgIpc) is 2.67. The van der Waals surface area contributed by atoms with Gasteiger partial charge in [0.25, 0.3) is 0 Å². The molecule has 0 fully saturated rings. The third-order valence-electron chi connectivity index (χ3n) is 3.70. The van der Waals surface area contributed by atoms with Gasteiger partial charge in [0, 0.05) is 13.1 Å². The van der Waals surface area contributed by atoms with E-state index in [1.165, 1.54) is 9.13 Å². The first-order chi connectivity index (χ1) is 11.7. The maximum Gasteiger partial charge on any atom is 0.405 e. The number of aliphatic hydroxyl groups excluding tert-OH is 2. The Labute approximate surface area is 153 Å². The summed E-state index contributed by atoms with van der Waals surface area (Å²) >= 11 is 0. The second kappa shape index (κ2) is 7.57. The van der Waals surface area contributed by atoms with E-state index in [1.54, 1.807) is 0 Å². The van der Waals surface area contributed by atoms with E-state index in [0.29, 0.717) is 0 Å². The minimum absolute atomic E-state index is 0.0995. The van der Waals surface area contributed by atoms with Gasteiger partial charge in [-0.25, -0.2) is 14.4 Å². The fourth-order valence-electron chi connectivity index (χ4n) is 2.28. The quantitative estimate of drug-likeness (QED) is 0.451. The highest BCUT2D eigenvalue weighted by atomic mass is 28.3. The maximum absolute atomic E-state index is 12.5. The van der Waals surface area contributed by atoms with Gasteiger partial charge in [0.05, 0.1) is 0 Å². The Kier molecular flexibility index (Phi) is 6.36. The highest BCUT2D eigenvalue weighted by Crippen LogP contribution is 2.22. The molecule has 3 N–H and O–H groups in total. The van der Waals surface area contributed by atoms with E-state index in [9.17, 15) is 29.7 Å². The lowest BCUT2D eigenvalue weighted by molar-refractivity contribution is -0.156. The van der Waals surface area contributed by atoms with Gasteiger partial charge in [-0.1, -0.05) is 39.3 Å². The highest BCUT2D eigenvalue weighted by Gasteiger charge is 2.40. The van der Waals surface area contributed by atoms with Gasteiger partial charge in [-0.2, -0.15) is 0 Å². The molecular formula is C14H26N2O8Si2. The molecule has 12 heteroatoms. The van der Waals surface area contributed by atoms with Gasteiger partial charge in [0.2, 0.25) is 11.5 Å². The summed E-state index contributed by atoms with van der Waals surface area (Å²) in [5.74, 6) is -3.05. The zero-order chi connectivity index (χ0) is 20.4. The van der Waals surface area contributed by atoms with E-state index in [0.717, 1.165) is 0 Å². The molecule has 1 atom stereocenters. The van der Waals surface area contributed by atoms with Crippen molar-refractivity contribution in [1.82, 2.24) is 9.13 Å². The minimum atomic E-state index is -2.28. The molecule has 1 aliphatic heterocycles. The smallest absolute Gasteiger partial charge is 0.405 e. The number of carboxylic acid groups (broad SMARTS) is 1. The average molecular weight is 407 g/mol. The van der Waals surface area contributed by atoms with E-state index < -0.39 is 52.4 Å². The summed E-state index contributed by atoms with van der Waals surface area (Å²) in [6, 6.07) is 0. The number of esters is 1. The lowest BCUT2D eigenvalue weighted by Crippen LogP contribution is -2.57. The van der Waals surface area contributed by atoms with Gasteiger partial charge in [0.1, 0.15) is 0 Å². The number of hydrogen-bond acceptors (Lipinski definition) is 7. The summed E-state index contributed by atoms with van der Waals surface area (Å²) in [6.07, 6.45) is -3.62. The van der Waals surface area contributed by atoms with Gasteiger partial charge in [-0.15, -0.1) is 0 Å². The van der Waals surface area contributed by atoms with Crippen LogP contribution in [-0.4, -0.2) is 78.5 Å². The maximum atomic E-state index is 12.5. The van der Waals surface area contributed by atoms with Crippen LogP contribution in [0.4, 0.5) is 9.59 Å². The molecule has 0 aromatic carbocycles. The van der Waals surface area contributed by atoms with E-state index >= 15 is 0 Å². The van der Waals surface area contributed by atoms with Crippen molar-refractivity contribution in [1.29, 1.82) is 0 Å². The second-order valence-corrected chi connectivity index (χ2v) is 17.5. The summed E-state index contributed by atoms with van der Waals surface area (Å²) in [4.78, 5) is 35.2. The first-order valence-corrected chi connectivity index (χ1v) is 14.9. The van der Waals surface area contributed by atoms with Crippen molar-refractivity contribution in [2.75, 3.05) is 13.1 Å². The summed E-state index contributed by atoms with van der Waals surface area (Å²) in [5.41, 5.74) is 0. The molecule has 0 bridgehead atoms. The van der Waals surface area contributed by atoms with Crippen LogP contribution in [0, 0.1) is 0 Å². The summed E-state index contributed by atoms with van der Waals surface area (Å²) in [7, 11) is -4.44. The fraction of sp³-hybridized carbons (Fsp3) is 0.643. The zero-order valence-electron chi connectivity index (χ0n) is 15.8. The van der Waals surface area contributed by atoms with E-state index in [-0.39, 0.29) is 13.1 Å². The monoisotopic (exact) mass is 406 g/mol. The van der Waals surface area contributed by atoms with Crippen LogP contribution in [0.1, 0.15) is 0 Å². The number of cyclic esters (lactones) is 1. The molecule has 0 aromatic heterocycles. The van der Waals surface area contributed by atoms with Gasteiger partial charge >= 0.3 is 24.4 Å². The first-order valence-electron chi connectivity index (χ1n) is 7.98. The van der Waals surface area contributed by atoms with Crippen LogP contribution in [0.5, 0.6) is 0 Å². The number of carbonyl (C=O) groups excluding carboxylic acids is 2. The number of hydrogen-bond donors (Lipinski definition) is 3. The molecule has 0 spiro atoms. The molecule has 1 heterocycles. The number of rotatable bonds is 6. The summed E-state index contributed by atoms with van der Waals surface area (Å²) < 4.78 is 12.3. The highest BCUT2D eigenvalue weighted by molar-refractivity contribution is 6.76. The number of aliphatic hydroxyl groups is 2. The standard InChI is InChI=1S/C14H26N2O8Si2/c1-25(2,3)15(13(20)21)7-8-16(26(4,5)6)14(22)24-12-10(18)9(17)11(19)23-12/h12,17-18H,7-8H2,1-6H3,(H,20,21). The molecule has 0 saturated carbocycles. The fourth-order valence-corrected chi connectivity index (χ4v) is 4.99. The molecule has 0 aromatic rings. The van der Waals surface area contributed by atoms with Gasteiger partial charge in [-0.3, -0.25) is 0 Å². The first kappa shape index (κ1) is 21.8. The minimum Gasteiger partial charge on any atom is -0.503 e. The number of carbonyl (C=O) groups is 3. The van der Waals surface area contributed by atoms with Crippen molar-refractivity contribution >= 4 is 34.6 Å². The Morgan fingerprint density at radius 3 is 1.85 bits per heavy atom. The summed E-state index contributed by atoms with van der Waals surface area (Å²) in [6.45, 7) is 11.4. The lowest BCUT2D eigenvalue weighted by Gasteiger charge is -2.38. The molecule has 1 rings (SSSR count). The van der Waals surface area contributed by atoms with Crippen LogP contribution in [-0.2, 0) is 14.3 Å². The van der Waals surface area contributed by atoms with E-state index in [2.05, 4.69) is 4.74 Å². The molecule has 26 heavy (non-hydrogen) atoms. The molecule has 1 unspecified atom stereocenters. The van der Waals surface area contributed by atoms with Crippen LogP contribution < -0.4 is 0 Å². The van der Waals surface area contributed by atoms with Crippen molar-refractivity contribution in [3.8, 4) is 0 Å². The predicted octanol–water partition coefficient (Wildman–Crippen LogP) is 2.29. The number of ether oxygens (including phenoxy) is 2. The Balaban J connectivity index is 2.90. The predicted molar refractivity (Wildman–Crippen MR) is 96.8 cm³/mol. The Morgan fingerprint density at radius 2 is 1.50 bits per heavy atom. The van der Waals surface area contributed by atoms with Crippen molar-refractivity contribution in [3.63, 3.8) is 0 Å². The summed E-state index contributed by atoms with van der Waals surface area (Å²) in [5, 5.41) is 28.2. The van der Waals surface area contributed by atoms with Crippen LogP contribution in [0.25, 0.3) is 0 Å². The van der Waals surface area contributed by atoms with Crippen molar-refractivity contribution in [2.45, 2.75) is 45.6 Å². The molecule has 0 radical (unpaired) electrons. The third-order valence-corrected chi connectivity index (χ3v) is 7.76. The van der Waals surface area contributed by atoms with E-state index in [1.807, 2.05) is 39.3 Å². The van der Waals surface area contributed by atoms with E-state index in [4.69, 9.17) is 4.74 Å². The number of nitrogens with zero attached hydrogens (tertiary/aromatic N) is 2. The Morgan fingerprint density at radius 1 is 1.04 bits per heavy atom. The Bertz CT molecular complexity index is 623. The van der Waals surface area contributed by atoms with Crippen LogP contribution in [0.2, 0.25) is 39.3 Å². The normalized spacial score (nSPS) is 17.8. The SMILES string of the molecule is C[Si](C)(C)N(CCN(C(=O)OC1OC(=O)C(O)=C1O)[Si](C)(C)C)C(=O)O. The van der Waals surface area contributed by atoms with Crippen LogP contribution >= 0.6 is 0 Å². The second-order valence-electron chi connectivity index (χ2n) is 7.78. The molecule has 148 valence electrons. The van der Waals surface area contributed by atoms with Crippen molar-refractivity contribution in [3.05, 3.63) is 11.5 Å².